The van der Waals surface area contributed by atoms with Gasteiger partial charge in [-0.05, 0) is 50.3 Å². The highest BCUT2D eigenvalue weighted by molar-refractivity contribution is 6.33. The van der Waals surface area contributed by atoms with Gasteiger partial charge in [-0.3, -0.25) is 9.59 Å². The standard InChI is InChI=1S/C18H24ClN3O2/c1-21(2)15-9-8-13(11-14(15)19)20-17(23)16-5-3-4-10-22(16)18(24)12-6-7-12/h8-9,11-12,16H,3-7,10H2,1-2H3,(H,20,23). The van der Waals surface area contributed by atoms with Crippen molar-refractivity contribution in [3.05, 3.63) is 23.2 Å². The van der Waals surface area contributed by atoms with Gasteiger partial charge in [0.25, 0.3) is 0 Å². The van der Waals surface area contributed by atoms with Crippen molar-refractivity contribution in [2.24, 2.45) is 5.92 Å². The Balaban J connectivity index is 1.70. The van der Waals surface area contributed by atoms with Gasteiger partial charge in [0.2, 0.25) is 11.8 Å². The number of piperidine rings is 1. The summed E-state index contributed by atoms with van der Waals surface area (Å²) in [5, 5.41) is 3.52. The van der Waals surface area contributed by atoms with E-state index in [1.807, 2.05) is 31.1 Å². The molecule has 1 aliphatic carbocycles. The van der Waals surface area contributed by atoms with Crippen molar-refractivity contribution in [3.63, 3.8) is 0 Å². The van der Waals surface area contributed by atoms with Crippen molar-refractivity contribution in [1.29, 1.82) is 0 Å². The molecule has 1 aromatic carbocycles. The predicted molar refractivity (Wildman–Crippen MR) is 96.5 cm³/mol. The molecule has 6 heteroatoms. The number of hydrogen-bond acceptors (Lipinski definition) is 3. The number of rotatable bonds is 4. The fourth-order valence-corrected chi connectivity index (χ4v) is 3.56. The summed E-state index contributed by atoms with van der Waals surface area (Å²) in [4.78, 5) is 28.8. The van der Waals surface area contributed by atoms with E-state index in [1.54, 1.807) is 11.0 Å². The maximum absolute atomic E-state index is 12.7. The minimum absolute atomic E-state index is 0.114. The number of halogens is 1. The van der Waals surface area contributed by atoms with E-state index >= 15 is 0 Å². The van der Waals surface area contributed by atoms with Gasteiger partial charge in [-0.2, -0.15) is 0 Å². The van der Waals surface area contributed by atoms with E-state index in [0.29, 0.717) is 17.3 Å². The van der Waals surface area contributed by atoms with E-state index in [1.165, 1.54) is 0 Å². The van der Waals surface area contributed by atoms with Crippen LogP contribution in [0.1, 0.15) is 32.1 Å². The molecule has 1 unspecified atom stereocenters. The first-order valence-corrected chi connectivity index (χ1v) is 8.93. The van der Waals surface area contributed by atoms with E-state index in [2.05, 4.69) is 5.32 Å². The predicted octanol–water partition coefficient (Wildman–Crippen LogP) is 3.14. The molecule has 1 aliphatic heterocycles. The van der Waals surface area contributed by atoms with Crippen LogP contribution in [0.4, 0.5) is 11.4 Å². The van der Waals surface area contributed by atoms with Gasteiger partial charge in [-0.15, -0.1) is 0 Å². The minimum atomic E-state index is -0.362. The molecule has 1 atom stereocenters. The highest BCUT2D eigenvalue weighted by Crippen LogP contribution is 2.34. The smallest absolute Gasteiger partial charge is 0.247 e. The number of nitrogens with zero attached hydrogens (tertiary/aromatic N) is 2. The van der Waals surface area contributed by atoms with Gasteiger partial charge in [-0.25, -0.2) is 0 Å². The molecule has 0 aromatic heterocycles. The van der Waals surface area contributed by atoms with Gasteiger partial charge >= 0.3 is 0 Å². The van der Waals surface area contributed by atoms with Crippen molar-refractivity contribution in [2.45, 2.75) is 38.1 Å². The molecule has 130 valence electrons. The number of likely N-dealkylation sites (tertiary alicyclic amines) is 1. The molecule has 1 saturated carbocycles. The molecule has 5 nitrogen and oxygen atoms in total. The van der Waals surface area contributed by atoms with Crippen LogP contribution < -0.4 is 10.2 Å². The van der Waals surface area contributed by atoms with Gasteiger partial charge in [0, 0.05) is 32.2 Å². The summed E-state index contributed by atoms with van der Waals surface area (Å²) >= 11 is 6.27. The number of anilines is 2. The van der Waals surface area contributed by atoms with E-state index in [-0.39, 0.29) is 23.8 Å². The second kappa shape index (κ2) is 7.01. The Labute approximate surface area is 147 Å². The summed E-state index contributed by atoms with van der Waals surface area (Å²) < 4.78 is 0. The quantitative estimate of drug-likeness (QED) is 0.908. The van der Waals surface area contributed by atoms with Crippen LogP contribution in [-0.4, -0.2) is 43.4 Å². The molecule has 24 heavy (non-hydrogen) atoms. The Morgan fingerprint density at radius 1 is 1.21 bits per heavy atom. The first-order valence-electron chi connectivity index (χ1n) is 8.55. The molecule has 0 bridgehead atoms. The van der Waals surface area contributed by atoms with Crippen molar-refractivity contribution in [2.75, 3.05) is 30.9 Å². The van der Waals surface area contributed by atoms with E-state index in [0.717, 1.165) is 37.8 Å². The summed E-state index contributed by atoms with van der Waals surface area (Å²) in [7, 11) is 3.84. The van der Waals surface area contributed by atoms with Gasteiger partial charge < -0.3 is 15.1 Å². The van der Waals surface area contributed by atoms with Crippen LogP contribution in [0.3, 0.4) is 0 Å². The van der Waals surface area contributed by atoms with E-state index in [9.17, 15) is 9.59 Å². The third-order valence-corrected chi connectivity index (χ3v) is 5.01. The maximum atomic E-state index is 12.7. The van der Waals surface area contributed by atoms with Crippen LogP contribution in [0, 0.1) is 5.92 Å². The molecule has 1 saturated heterocycles. The van der Waals surface area contributed by atoms with Crippen molar-refractivity contribution >= 4 is 34.8 Å². The zero-order valence-electron chi connectivity index (χ0n) is 14.2. The lowest BCUT2D eigenvalue weighted by Crippen LogP contribution is -2.50. The van der Waals surface area contributed by atoms with Crippen LogP contribution in [0.2, 0.25) is 5.02 Å². The highest BCUT2D eigenvalue weighted by atomic mass is 35.5. The fraction of sp³-hybridized carbons (Fsp3) is 0.556. The minimum Gasteiger partial charge on any atom is -0.376 e. The van der Waals surface area contributed by atoms with Gasteiger partial charge in [0.1, 0.15) is 6.04 Å². The SMILES string of the molecule is CN(C)c1ccc(NC(=O)C2CCCCN2C(=O)C2CC2)cc1Cl. The molecule has 1 N–H and O–H groups in total. The molecule has 2 aliphatic rings. The first kappa shape index (κ1) is 17.1. The fourth-order valence-electron chi connectivity index (χ4n) is 3.21. The summed E-state index contributed by atoms with van der Waals surface area (Å²) in [6.07, 6.45) is 4.61. The van der Waals surface area contributed by atoms with Crippen LogP contribution >= 0.6 is 11.6 Å². The molecular weight excluding hydrogens is 326 g/mol. The summed E-state index contributed by atoms with van der Waals surface area (Å²) in [5.74, 6) is 0.181. The molecular formula is C18H24ClN3O2. The third kappa shape index (κ3) is 3.66. The summed E-state index contributed by atoms with van der Waals surface area (Å²) in [5.41, 5.74) is 1.57. The van der Waals surface area contributed by atoms with Crippen molar-refractivity contribution in [3.8, 4) is 0 Å². The molecule has 1 heterocycles. The van der Waals surface area contributed by atoms with E-state index in [4.69, 9.17) is 11.6 Å². The second-order valence-corrected chi connectivity index (χ2v) is 7.27. The normalized spacial score (nSPS) is 20.6. The van der Waals surface area contributed by atoms with Crippen molar-refractivity contribution < 1.29 is 9.59 Å². The summed E-state index contributed by atoms with van der Waals surface area (Å²) in [6, 6.07) is 5.12. The third-order valence-electron chi connectivity index (χ3n) is 4.71. The van der Waals surface area contributed by atoms with Gasteiger partial charge in [-0.1, -0.05) is 11.6 Å². The zero-order valence-corrected chi connectivity index (χ0v) is 15.0. The molecule has 0 spiro atoms. The molecule has 0 radical (unpaired) electrons. The average molecular weight is 350 g/mol. The van der Waals surface area contributed by atoms with Crippen LogP contribution in [-0.2, 0) is 9.59 Å². The lowest BCUT2D eigenvalue weighted by Gasteiger charge is -2.35. The van der Waals surface area contributed by atoms with E-state index < -0.39 is 0 Å². The van der Waals surface area contributed by atoms with Crippen molar-refractivity contribution in [1.82, 2.24) is 4.90 Å². The Morgan fingerprint density at radius 2 is 1.96 bits per heavy atom. The summed E-state index contributed by atoms with van der Waals surface area (Å²) in [6.45, 7) is 0.688. The van der Waals surface area contributed by atoms with Gasteiger partial charge in [0.05, 0.1) is 10.7 Å². The maximum Gasteiger partial charge on any atom is 0.247 e. The number of nitrogens with one attached hydrogen (secondary N) is 1. The Morgan fingerprint density at radius 3 is 2.58 bits per heavy atom. The largest absolute Gasteiger partial charge is 0.376 e. The molecule has 2 fully saturated rings. The molecule has 3 rings (SSSR count). The second-order valence-electron chi connectivity index (χ2n) is 6.87. The number of carbonyl (C=O) groups is 2. The average Bonchev–Trinajstić information content (AvgIpc) is 3.38. The number of benzene rings is 1. The lowest BCUT2D eigenvalue weighted by molar-refractivity contribution is -0.141. The Kier molecular flexibility index (Phi) is 4.99. The number of amides is 2. The molecule has 1 aromatic rings. The first-order chi connectivity index (χ1) is 11.5. The van der Waals surface area contributed by atoms with Crippen LogP contribution in [0.5, 0.6) is 0 Å². The number of carbonyl (C=O) groups excluding carboxylic acids is 2. The monoisotopic (exact) mass is 349 g/mol. The topological polar surface area (TPSA) is 52.7 Å². The van der Waals surface area contributed by atoms with Crippen LogP contribution in [0.15, 0.2) is 18.2 Å². The Bertz CT molecular complexity index is 643. The van der Waals surface area contributed by atoms with Crippen LogP contribution in [0.25, 0.3) is 0 Å². The molecule has 2 amide bonds. The highest BCUT2D eigenvalue weighted by Gasteiger charge is 2.39. The zero-order chi connectivity index (χ0) is 17.3. The number of hydrogen-bond donors (Lipinski definition) is 1. The van der Waals surface area contributed by atoms with Gasteiger partial charge in [0.15, 0.2) is 0 Å². The lowest BCUT2D eigenvalue weighted by atomic mass is 10.0. The Hall–Kier alpha value is -1.75.